The van der Waals surface area contributed by atoms with Crippen molar-refractivity contribution in [3.05, 3.63) is 57.7 Å². The number of amides is 1. The number of carbonyl (C=O) groups is 1. The number of aromatic nitrogens is 1. The molecule has 0 radical (unpaired) electrons. The molecule has 0 aliphatic rings. The van der Waals surface area contributed by atoms with Gasteiger partial charge < -0.3 is 9.73 Å². The van der Waals surface area contributed by atoms with E-state index in [9.17, 15) is 4.79 Å². The number of hydrogen-bond donors (Lipinski definition) is 1. The van der Waals surface area contributed by atoms with E-state index in [2.05, 4.69) is 10.3 Å². The number of halogens is 2. The van der Waals surface area contributed by atoms with Crippen LogP contribution in [0.15, 0.2) is 46.4 Å². The molecule has 3 aromatic rings. The van der Waals surface area contributed by atoms with E-state index >= 15 is 0 Å². The Balaban J connectivity index is 1.49. The Labute approximate surface area is 157 Å². The summed E-state index contributed by atoms with van der Waals surface area (Å²) in [5.41, 5.74) is 1.44. The zero-order valence-electron chi connectivity index (χ0n) is 12.3. The molecule has 1 N–H and O–H groups in total. The minimum absolute atomic E-state index is 0.134. The van der Waals surface area contributed by atoms with E-state index in [1.54, 1.807) is 24.5 Å². The van der Waals surface area contributed by atoms with Gasteiger partial charge in [0.05, 0.1) is 33.4 Å². The molecular weight excluding hydrogens is 387 g/mol. The second-order valence-corrected chi connectivity index (χ2v) is 7.39. The fraction of sp³-hybridized carbons (Fsp3) is 0.125. The van der Waals surface area contributed by atoms with Crippen molar-refractivity contribution in [1.82, 2.24) is 4.98 Å². The normalized spacial score (nSPS) is 10.8. The number of thioether (sulfide) groups is 1. The number of carbonyl (C=O) groups excluding carboxylic acids is 1. The minimum Gasteiger partial charge on any atom is -0.462 e. The van der Waals surface area contributed by atoms with Crippen molar-refractivity contribution in [1.29, 1.82) is 0 Å². The van der Waals surface area contributed by atoms with Crippen molar-refractivity contribution in [2.24, 2.45) is 0 Å². The smallest absolute Gasteiger partial charge is 0.234 e. The van der Waals surface area contributed by atoms with Gasteiger partial charge in [0.1, 0.15) is 0 Å². The van der Waals surface area contributed by atoms with Gasteiger partial charge in [-0.25, -0.2) is 4.98 Å². The maximum absolute atomic E-state index is 12.0. The third-order valence-corrected chi connectivity index (χ3v) is 5.68. The van der Waals surface area contributed by atoms with Gasteiger partial charge >= 0.3 is 0 Å². The standard InChI is InChI=1S/C16H12Cl2N2O2S2/c17-11-3-1-4-12(15(11)18)20-14(21)9-23-7-10-8-24-16(19-10)13-5-2-6-22-13/h1-6,8H,7,9H2,(H,20,21). The summed E-state index contributed by atoms with van der Waals surface area (Å²) in [6.45, 7) is 0. The monoisotopic (exact) mass is 398 g/mol. The van der Waals surface area contributed by atoms with E-state index in [-0.39, 0.29) is 5.91 Å². The lowest BCUT2D eigenvalue weighted by Crippen LogP contribution is -2.14. The Morgan fingerprint density at radius 3 is 2.96 bits per heavy atom. The predicted molar refractivity (Wildman–Crippen MR) is 101 cm³/mol. The Morgan fingerprint density at radius 2 is 2.17 bits per heavy atom. The Hall–Kier alpha value is -1.47. The summed E-state index contributed by atoms with van der Waals surface area (Å²) in [5.74, 6) is 1.57. The van der Waals surface area contributed by atoms with Gasteiger partial charge in [-0.2, -0.15) is 0 Å². The van der Waals surface area contributed by atoms with Crippen LogP contribution in [0.1, 0.15) is 5.69 Å². The highest BCUT2D eigenvalue weighted by Crippen LogP contribution is 2.30. The first kappa shape index (κ1) is 17.4. The van der Waals surface area contributed by atoms with Crippen LogP contribution < -0.4 is 5.32 Å². The zero-order valence-corrected chi connectivity index (χ0v) is 15.4. The molecule has 0 atom stereocenters. The molecule has 0 spiro atoms. The van der Waals surface area contributed by atoms with Crippen LogP contribution in [0.3, 0.4) is 0 Å². The third kappa shape index (κ3) is 4.33. The molecule has 0 saturated carbocycles. The quantitative estimate of drug-likeness (QED) is 0.588. The van der Waals surface area contributed by atoms with Crippen molar-refractivity contribution in [3.63, 3.8) is 0 Å². The number of rotatable bonds is 6. The first-order valence-electron chi connectivity index (χ1n) is 6.93. The average Bonchev–Trinajstić information content (AvgIpc) is 3.23. The van der Waals surface area contributed by atoms with Gasteiger partial charge in [-0.05, 0) is 24.3 Å². The molecular formula is C16H12Cl2N2O2S2. The maximum atomic E-state index is 12.0. The number of nitrogens with zero attached hydrogens (tertiary/aromatic N) is 1. The number of hydrogen-bond acceptors (Lipinski definition) is 5. The second kappa shape index (κ2) is 8.07. The Morgan fingerprint density at radius 1 is 1.29 bits per heavy atom. The van der Waals surface area contributed by atoms with E-state index in [0.29, 0.717) is 27.2 Å². The molecule has 2 aromatic heterocycles. The molecule has 1 amide bonds. The summed E-state index contributed by atoms with van der Waals surface area (Å²) in [5, 5.41) is 6.32. The minimum atomic E-state index is -0.134. The summed E-state index contributed by atoms with van der Waals surface area (Å²) in [6.07, 6.45) is 1.62. The molecule has 1 aromatic carbocycles. The molecule has 24 heavy (non-hydrogen) atoms. The van der Waals surface area contributed by atoms with Gasteiger partial charge in [-0.15, -0.1) is 23.1 Å². The van der Waals surface area contributed by atoms with Crippen molar-refractivity contribution in [3.8, 4) is 10.8 Å². The molecule has 8 heteroatoms. The SMILES string of the molecule is O=C(CSCc1csc(-c2ccco2)n1)Nc1cccc(Cl)c1Cl. The molecule has 0 saturated heterocycles. The van der Waals surface area contributed by atoms with E-state index < -0.39 is 0 Å². The number of nitrogens with one attached hydrogen (secondary N) is 1. The van der Waals surface area contributed by atoms with Crippen molar-refractivity contribution >= 4 is 57.9 Å². The van der Waals surface area contributed by atoms with Gasteiger partial charge in [0, 0.05) is 11.1 Å². The van der Waals surface area contributed by atoms with Crippen LogP contribution in [0.5, 0.6) is 0 Å². The van der Waals surface area contributed by atoms with Crippen LogP contribution in [0.4, 0.5) is 5.69 Å². The lowest BCUT2D eigenvalue weighted by Gasteiger charge is -2.07. The van der Waals surface area contributed by atoms with Crippen molar-refractivity contribution in [2.75, 3.05) is 11.1 Å². The zero-order chi connectivity index (χ0) is 16.9. The highest BCUT2D eigenvalue weighted by Gasteiger charge is 2.10. The molecule has 0 aliphatic heterocycles. The molecule has 3 rings (SSSR count). The average molecular weight is 399 g/mol. The summed E-state index contributed by atoms with van der Waals surface area (Å²) < 4.78 is 5.32. The van der Waals surface area contributed by atoms with Gasteiger partial charge in [0.15, 0.2) is 10.8 Å². The maximum Gasteiger partial charge on any atom is 0.234 e. The van der Waals surface area contributed by atoms with Crippen molar-refractivity contribution in [2.45, 2.75) is 5.75 Å². The van der Waals surface area contributed by atoms with Gasteiger partial charge in [0.25, 0.3) is 0 Å². The van der Waals surface area contributed by atoms with Gasteiger partial charge in [0.2, 0.25) is 5.91 Å². The van der Waals surface area contributed by atoms with Crippen LogP contribution in [0, 0.1) is 0 Å². The Bertz CT molecular complexity index is 834. The van der Waals surface area contributed by atoms with E-state index in [1.807, 2.05) is 17.5 Å². The van der Waals surface area contributed by atoms with Crippen LogP contribution >= 0.6 is 46.3 Å². The fourth-order valence-electron chi connectivity index (χ4n) is 1.92. The predicted octanol–water partition coefficient (Wildman–Crippen LogP) is 5.58. The summed E-state index contributed by atoms with van der Waals surface area (Å²) in [6, 6.07) is 8.83. The molecule has 2 heterocycles. The number of anilines is 1. The van der Waals surface area contributed by atoms with Crippen LogP contribution in [-0.4, -0.2) is 16.6 Å². The summed E-state index contributed by atoms with van der Waals surface area (Å²) in [7, 11) is 0. The summed E-state index contributed by atoms with van der Waals surface area (Å²) >= 11 is 15.0. The number of benzene rings is 1. The largest absolute Gasteiger partial charge is 0.462 e. The van der Waals surface area contributed by atoms with Crippen LogP contribution in [0.25, 0.3) is 10.8 Å². The first-order valence-corrected chi connectivity index (χ1v) is 9.72. The van der Waals surface area contributed by atoms with Gasteiger partial charge in [-0.3, -0.25) is 4.79 Å². The Kier molecular flexibility index (Phi) is 5.84. The fourth-order valence-corrected chi connectivity index (χ4v) is 3.88. The lowest BCUT2D eigenvalue weighted by atomic mass is 10.3. The molecule has 0 aliphatic carbocycles. The van der Waals surface area contributed by atoms with Gasteiger partial charge in [-0.1, -0.05) is 29.3 Å². The second-order valence-electron chi connectivity index (χ2n) is 4.76. The summed E-state index contributed by atoms with van der Waals surface area (Å²) in [4.78, 5) is 16.5. The van der Waals surface area contributed by atoms with E-state index in [1.165, 1.54) is 23.1 Å². The number of thiazole rings is 1. The first-order chi connectivity index (χ1) is 11.6. The molecule has 0 unspecified atom stereocenters. The molecule has 4 nitrogen and oxygen atoms in total. The topological polar surface area (TPSA) is 55.1 Å². The van der Waals surface area contributed by atoms with Crippen molar-refractivity contribution < 1.29 is 9.21 Å². The van der Waals surface area contributed by atoms with Crippen LogP contribution in [0.2, 0.25) is 10.0 Å². The number of furan rings is 1. The molecule has 124 valence electrons. The third-order valence-electron chi connectivity index (χ3n) is 2.99. The highest BCUT2D eigenvalue weighted by atomic mass is 35.5. The molecule has 0 bridgehead atoms. The lowest BCUT2D eigenvalue weighted by molar-refractivity contribution is -0.113. The molecule has 0 fully saturated rings. The van der Waals surface area contributed by atoms with E-state index in [0.717, 1.165) is 16.5 Å². The highest BCUT2D eigenvalue weighted by molar-refractivity contribution is 7.99. The van der Waals surface area contributed by atoms with E-state index in [4.69, 9.17) is 27.6 Å². The van der Waals surface area contributed by atoms with Crippen LogP contribution in [-0.2, 0) is 10.5 Å².